The second kappa shape index (κ2) is 6.11. The molecular weight excluding hydrogens is 316 g/mol. The van der Waals surface area contributed by atoms with Gasteiger partial charge in [-0.05, 0) is 43.4 Å². The third-order valence-electron chi connectivity index (χ3n) is 5.36. The first-order valence-corrected chi connectivity index (χ1v) is 9.06. The van der Waals surface area contributed by atoms with Crippen LogP contribution >= 0.6 is 0 Å². The maximum Gasteiger partial charge on any atom is 0.177 e. The number of aryl methyl sites for hydroxylation is 1. The van der Waals surface area contributed by atoms with Gasteiger partial charge in [-0.25, -0.2) is 0 Å². The monoisotopic (exact) mass is 338 g/mol. The summed E-state index contributed by atoms with van der Waals surface area (Å²) in [5, 5.41) is 20.3. The fourth-order valence-electron chi connectivity index (χ4n) is 3.91. The van der Waals surface area contributed by atoms with Crippen molar-refractivity contribution in [3.8, 4) is 0 Å². The van der Waals surface area contributed by atoms with Crippen LogP contribution in [0.1, 0.15) is 29.8 Å². The molecule has 1 saturated heterocycles. The van der Waals surface area contributed by atoms with Crippen LogP contribution in [-0.4, -0.2) is 61.1 Å². The van der Waals surface area contributed by atoms with Crippen LogP contribution in [0.4, 0.5) is 5.82 Å². The van der Waals surface area contributed by atoms with Crippen LogP contribution in [0.5, 0.6) is 0 Å². The highest BCUT2D eigenvalue weighted by Crippen LogP contribution is 2.23. The number of aromatic nitrogens is 6. The van der Waals surface area contributed by atoms with Gasteiger partial charge in [-0.1, -0.05) is 0 Å². The number of H-pyrrole nitrogens is 1. The SMILES string of the molecule is c1cc2nncn2nc1N1CCN(Cc2n[nH]c3c2CCCC3)CC1. The first-order chi connectivity index (χ1) is 12.4. The van der Waals surface area contributed by atoms with Gasteiger partial charge in [0.25, 0.3) is 0 Å². The Bertz CT molecular complexity index is 874. The second-order valence-electron chi connectivity index (χ2n) is 6.92. The minimum absolute atomic E-state index is 0.783. The third-order valence-corrected chi connectivity index (χ3v) is 5.36. The molecule has 4 heterocycles. The Kier molecular flexibility index (Phi) is 3.62. The fraction of sp³-hybridized carbons (Fsp3) is 0.529. The van der Waals surface area contributed by atoms with Crippen molar-refractivity contribution in [2.24, 2.45) is 0 Å². The maximum atomic E-state index is 4.60. The average Bonchev–Trinajstić information content (AvgIpc) is 3.29. The van der Waals surface area contributed by atoms with E-state index in [1.54, 1.807) is 10.8 Å². The Balaban J connectivity index is 1.24. The van der Waals surface area contributed by atoms with Crippen molar-refractivity contribution in [1.29, 1.82) is 0 Å². The minimum atomic E-state index is 0.783. The van der Waals surface area contributed by atoms with Gasteiger partial charge in [0, 0.05) is 38.4 Å². The summed E-state index contributed by atoms with van der Waals surface area (Å²) in [7, 11) is 0. The Morgan fingerprint density at radius 2 is 1.92 bits per heavy atom. The van der Waals surface area contributed by atoms with Gasteiger partial charge in [-0.2, -0.15) is 9.61 Å². The summed E-state index contributed by atoms with van der Waals surface area (Å²) < 4.78 is 1.73. The number of fused-ring (bicyclic) bond motifs is 2. The van der Waals surface area contributed by atoms with Crippen LogP contribution in [-0.2, 0) is 19.4 Å². The number of aromatic amines is 1. The highest BCUT2D eigenvalue weighted by molar-refractivity contribution is 5.45. The van der Waals surface area contributed by atoms with Crippen molar-refractivity contribution < 1.29 is 0 Å². The summed E-state index contributed by atoms with van der Waals surface area (Å²) in [5.74, 6) is 0.990. The van der Waals surface area contributed by atoms with E-state index in [4.69, 9.17) is 0 Å². The van der Waals surface area contributed by atoms with Crippen LogP contribution in [0.2, 0.25) is 0 Å². The summed E-state index contributed by atoms with van der Waals surface area (Å²) in [6, 6.07) is 4.00. The molecule has 1 fully saturated rings. The van der Waals surface area contributed by atoms with Gasteiger partial charge < -0.3 is 4.90 Å². The summed E-state index contributed by atoms with van der Waals surface area (Å²) in [5.41, 5.74) is 4.89. The zero-order valence-electron chi connectivity index (χ0n) is 14.2. The van der Waals surface area contributed by atoms with Crippen LogP contribution in [0.3, 0.4) is 0 Å². The molecule has 8 nitrogen and oxygen atoms in total. The van der Waals surface area contributed by atoms with Crippen LogP contribution in [0.15, 0.2) is 18.5 Å². The molecule has 0 aromatic carbocycles. The van der Waals surface area contributed by atoms with Gasteiger partial charge in [0.2, 0.25) is 0 Å². The van der Waals surface area contributed by atoms with E-state index < -0.39 is 0 Å². The molecule has 0 saturated carbocycles. The molecular formula is C17H22N8. The molecule has 130 valence electrons. The number of hydrogen-bond acceptors (Lipinski definition) is 6. The van der Waals surface area contributed by atoms with Gasteiger partial charge >= 0.3 is 0 Å². The molecule has 8 heteroatoms. The molecule has 0 radical (unpaired) electrons. The molecule has 1 aliphatic carbocycles. The molecule has 3 aromatic rings. The van der Waals surface area contributed by atoms with E-state index in [2.05, 4.69) is 35.3 Å². The second-order valence-corrected chi connectivity index (χ2v) is 6.92. The van der Waals surface area contributed by atoms with Crippen molar-refractivity contribution in [2.45, 2.75) is 32.2 Å². The summed E-state index contributed by atoms with van der Waals surface area (Å²) in [6.07, 6.45) is 6.58. The largest absolute Gasteiger partial charge is 0.353 e. The molecule has 0 spiro atoms. The molecule has 0 atom stereocenters. The highest BCUT2D eigenvalue weighted by Gasteiger charge is 2.22. The quantitative estimate of drug-likeness (QED) is 0.769. The summed E-state index contributed by atoms with van der Waals surface area (Å²) >= 11 is 0. The number of anilines is 1. The topological polar surface area (TPSA) is 78.2 Å². The van der Waals surface area contributed by atoms with E-state index in [0.29, 0.717) is 0 Å². The highest BCUT2D eigenvalue weighted by atomic mass is 15.4. The Hall–Kier alpha value is -2.48. The van der Waals surface area contributed by atoms with Crippen LogP contribution in [0.25, 0.3) is 5.65 Å². The predicted octanol–water partition coefficient (Wildman–Crippen LogP) is 1.05. The van der Waals surface area contributed by atoms with Crippen LogP contribution < -0.4 is 4.90 Å². The molecule has 2 aliphatic rings. The molecule has 0 bridgehead atoms. The van der Waals surface area contributed by atoms with Crippen molar-refractivity contribution in [3.05, 3.63) is 35.4 Å². The minimum Gasteiger partial charge on any atom is -0.353 e. The van der Waals surface area contributed by atoms with Gasteiger partial charge in [-0.15, -0.1) is 15.3 Å². The Morgan fingerprint density at radius 3 is 2.84 bits per heavy atom. The average molecular weight is 338 g/mol. The van der Waals surface area contributed by atoms with E-state index >= 15 is 0 Å². The zero-order valence-corrected chi connectivity index (χ0v) is 14.2. The number of nitrogens with zero attached hydrogens (tertiary/aromatic N) is 7. The fourth-order valence-corrected chi connectivity index (χ4v) is 3.91. The number of rotatable bonds is 3. The normalized spacial score (nSPS) is 18.6. The first-order valence-electron chi connectivity index (χ1n) is 9.06. The molecule has 0 unspecified atom stereocenters. The molecule has 5 rings (SSSR count). The van der Waals surface area contributed by atoms with E-state index in [1.165, 1.54) is 36.2 Å². The molecule has 1 N–H and O–H groups in total. The standard InChI is InChI=1S/C17H22N8/c1-2-4-14-13(3-1)15(20-19-14)11-23-7-9-24(10-8-23)17-6-5-16-21-18-12-25(16)22-17/h5-6,12H,1-4,7-11H2,(H,19,20). The van der Waals surface area contributed by atoms with E-state index in [-0.39, 0.29) is 0 Å². The lowest BCUT2D eigenvalue weighted by Crippen LogP contribution is -2.46. The van der Waals surface area contributed by atoms with Crippen molar-refractivity contribution in [2.75, 3.05) is 31.1 Å². The van der Waals surface area contributed by atoms with Crippen molar-refractivity contribution in [1.82, 2.24) is 34.9 Å². The molecule has 0 amide bonds. The van der Waals surface area contributed by atoms with Gasteiger partial charge in [0.15, 0.2) is 5.65 Å². The van der Waals surface area contributed by atoms with E-state index in [9.17, 15) is 0 Å². The van der Waals surface area contributed by atoms with Crippen molar-refractivity contribution >= 4 is 11.5 Å². The number of piperazine rings is 1. The zero-order chi connectivity index (χ0) is 16.6. The Morgan fingerprint density at radius 1 is 1.04 bits per heavy atom. The lowest BCUT2D eigenvalue weighted by atomic mass is 9.96. The predicted molar refractivity (Wildman–Crippen MR) is 93.5 cm³/mol. The lowest BCUT2D eigenvalue weighted by molar-refractivity contribution is 0.245. The maximum absolute atomic E-state index is 4.60. The smallest absolute Gasteiger partial charge is 0.177 e. The Labute approximate surface area is 145 Å². The van der Waals surface area contributed by atoms with Gasteiger partial charge in [0.05, 0.1) is 5.69 Å². The molecule has 25 heavy (non-hydrogen) atoms. The summed E-state index contributed by atoms with van der Waals surface area (Å²) in [6.45, 7) is 4.98. The third kappa shape index (κ3) is 2.76. The summed E-state index contributed by atoms with van der Waals surface area (Å²) in [4.78, 5) is 4.83. The number of hydrogen-bond donors (Lipinski definition) is 1. The van der Waals surface area contributed by atoms with E-state index in [0.717, 1.165) is 50.6 Å². The first kappa shape index (κ1) is 14.8. The van der Waals surface area contributed by atoms with Crippen LogP contribution in [0, 0.1) is 0 Å². The van der Waals surface area contributed by atoms with Crippen molar-refractivity contribution in [3.63, 3.8) is 0 Å². The molecule has 3 aromatic heterocycles. The molecule has 1 aliphatic heterocycles. The van der Waals surface area contributed by atoms with Gasteiger partial charge in [-0.3, -0.25) is 10.00 Å². The van der Waals surface area contributed by atoms with Gasteiger partial charge in [0.1, 0.15) is 12.1 Å². The number of nitrogens with one attached hydrogen (secondary N) is 1. The lowest BCUT2D eigenvalue weighted by Gasteiger charge is -2.35. The van der Waals surface area contributed by atoms with E-state index in [1.807, 2.05) is 12.1 Å².